The summed E-state index contributed by atoms with van der Waals surface area (Å²) >= 11 is 0. The Labute approximate surface area is 52.3 Å². The Balaban J connectivity index is 2.72. The van der Waals surface area contributed by atoms with Crippen molar-refractivity contribution in [3.63, 3.8) is 0 Å². The molecule has 0 bridgehead atoms. The van der Waals surface area contributed by atoms with E-state index in [1.165, 1.54) is 12.4 Å². The molecular formula is C6H4NO2. The molecule has 1 heterocycles. The second kappa shape index (κ2) is 2.81. The molecule has 0 aromatic carbocycles. The summed E-state index contributed by atoms with van der Waals surface area (Å²) in [4.78, 5) is 13.4. The van der Waals surface area contributed by atoms with Crippen LogP contribution in [-0.4, -0.2) is 11.5 Å². The molecule has 0 aliphatic carbocycles. The highest BCUT2D eigenvalue weighted by molar-refractivity contribution is 5.43. The lowest BCUT2D eigenvalue weighted by Crippen LogP contribution is -1.87. The number of hydrogen-bond acceptors (Lipinski definition) is 3. The summed E-state index contributed by atoms with van der Waals surface area (Å²) in [6, 6.07) is 4.15. The van der Waals surface area contributed by atoms with Gasteiger partial charge in [0.1, 0.15) is 5.75 Å². The normalized spacial score (nSPS) is 8.44. The van der Waals surface area contributed by atoms with Crippen LogP contribution in [0.4, 0.5) is 0 Å². The van der Waals surface area contributed by atoms with E-state index in [2.05, 4.69) is 15.8 Å². The molecule has 1 aromatic heterocycles. The Morgan fingerprint density at radius 3 is 3.22 bits per heavy atom. The van der Waals surface area contributed by atoms with Crippen molar-refractivity contribution in [2.75, 3.05) is 0 Å². The number of carbonyl (C=O) groups is 1. The topological polar surface area (TPSA) is 39.2 Å². The van der Waals surface area contributed by atoms with Crippen LogP contribution in [0, 0.1) is 6.07 Å². The summed E-state index contributed by atoms with van der Waals surface area (Å²) in [6.07, 6.45) is 2.95. The number of pyridine rings is 1. The first-order valence-electron chi connectivity index (χ1n) is 2.35. The molecule has 0 saturated carbocycles. The quantitative estimate of drug-likeness (QED) is 0.533. The molecule has 3 heteroatoms. The number of nitrogens with zero attached hydrogens (tertiary/aromatic N) is 1. The van der Waals surface area contributed by atoms with Crippen molar-refractivity contribution in [1.82, 2.24) is 4.98 Å². The van der Waals surface area contributed by atoms with Crippen LogP contribution in [0.2, 0.25) is 0 Å². The molecular weight excluding hydrogens is 118 g/mol. The van der Waals surface area contributed by atoms with Crippen LogP contribution in [0.15, 0.2) is 18.5 Å². The maximum Gasteiger partial charge on any atom is 0.298 e. The van der Waals surface area contributed by atoms with Gasteiger partial charge in [-0.1, -0.05) is 0 Å². The summed E-state index contributed by atoms with van der Waals surface area (Å²) in [7, 11) is 0. The molecule has 45 valence electrons. The van der Waals surface area contributed by atoms with Crippen LogP contribution in [0.5, 0.6) is 5.75 Å². The SMILES string of the molecule is O=COc1[c]cncc1. The fraction of sp³-hybridized carbons (Fsp3) is 0. The van der Waals surface area contributed by atoms with E-state index in [1.54, 1.807) is 6.07 Å². The Morgan fingerprint density at radius 2 is 2.67 bits per heavy atom. The van der Waals surface area contributed by atoms with Crippen LogP contribution in [0.25, 0.3) is 0 Å². The average Bonchev–Trinajstić information content (AvgIpc) is 1.91. The van der Waals surface area contributed by atoms with Gasteiger partial charge < -0.3 is 4.74 Å². The van der Waals surface area contributed by atoms with E-state index in [9.17, 15) is 4.79 Å². The summed E-state index contributed by atoms with van der Waals surface area (Å²) in [5.74, 6) is 0.389. The van der Waals surface area contributed by atoms with Crippen LogP contribution >= 0.6 is 0 Å². The van der Waals surface area contributed by atoms with Gasteiger partial charge in [0.15, 0.2) is 0 Å². The molecule has 0 amide bonds. The molecule has 0 unspecified atom stereocenters. The zero-order valence-corrected chi connectivity index (χ0v) is 4.57. The van der Waals surface area contributed by atoms with Crippen molar-refractivity contribution in [3.05, 3.63) is 24.5 Å². The minimum Gasteiger partial charge on any atom is -0.428 e. The standard InChI is InChI=1S/C6H4NO2/c8-5-9-6-1-3-7-4-2-6/h1,3-5H. The van der Waals surface area contributed by atoms with Gasteiger partial charge in [0.2, 0.25) is 0 Å². The smallest absolute Gasteiger partial charge is 0.298 e. The summed E-state index contributed by atoms with van der Waals surface area (Å²) in [6.45, 7) is 0.353. The molecule has 9 heavy (non-hydrogen) atoms. The number of ether oxygens (including phenoxy) is 1. The molecule has 0 fully saturated rings. The Kier molecular flexibility index (Phi) is 1.80. The predicted molar refractivity (Wildman–Crippen MR) is 29.8 cm³/mol. The number of rotatable bonds is 2. The largest absolute Gasteiger partial charge is 0.428 e. The molecule has 0 atom stereocenters. The van der Waals surface area contributed by atoms with E-state index >= 15 is 0 Å². The van der Waals surface area contributed by atoms with Gasteiger partial charge in [0.25, 0.3) is 6.47 Å². The highest BCUT2D eigenvalue weighted by atomic mass is 16.5. The molecule has 0 saturated heterocycles. The zero-order chi connectivity index (χ0) is 6.53. The minimum absolute atomic E-state index is 0.353. The van der Waals surface area contributed by atoms with Crippen molar-refractivity contribution in [2.24, 2.45) is 0 Å². The third-order valence-electron chi connectivity index (χ3n) is 0.768. The van der Waals surface area contributed by atoms with Gasteiger partial charge in [-0.15, -0.1) is 0 Å². The molecule has 1 radical (unpaired) electrons. The Morgan fingerprint density at radius 1 is 1.78 bits per heavy atom. The fourth-order valence-corrected chi connectivity index (χ4v) is 0.428. The maximum atomic E-state index is 9.71. The number of aromatic nitrogens is 1. The second-order valence-electron chi connectivity index (χ2n) is 1.32. The molecule has 3 nitrogen and oxygen atoms in total. The van der Waals surface area contributed by atoms with E-state index in [4.69, 9.17) is 0 Å². The third kappa shape index (κ3) is 1.53. The first-order chi connectivity index (χ1) is 4.43. The van der Waals surface area contributed by atoms with Crippen LogP contribution in [0.1, 0.15) is 0 Å². The summed E-state index contributed by atoms with van der Waals surface area (Å²) < 4.78 is 4.43. The zero-order valence-electron chi connectivity index (χ0n) is 4.57. The summed E-state index contributed by atoms with van der Waals surface area (Å²) in [5.41, 5.74) is 0. The third-order valence-corrected chi connectivity index (χ3v) is 0.768. The summed E-state index contributed by atoms with van der Waals surface area (Å²) in [5, 5.41) is 0. The van der Waals surface area contributed by atoms with Crippen molar-refractivity contribution < 1.29 is 9.53 Å². The van der Waals surface area contributed by atoms with Gasteiger partial charge >= 0.3 is 0 Å². The average molecular weight is 122 g/mol. The van der Waals surface area contributed by atoms with Gasteiger partial charge in [-0.25, -0.2) is 0 Å². The maximum absolute atomic E-state index is 9.71. The van der Waals surface area contributed by atoms with Crippen molar-refractivity contribution >= 4 is 6.47 Å². The van der Waals surface area contributed by atoms with Crippen LogP contribution < -0.4 is 4.74 Å². The fourth-order valence-electron chi connectivity index (χ4n) is 0.428. The first-order valence-corrected chi connectivity index (χ1v) is 2.35. The lowest BCUT2D eigenvalue weighted by molar-refractivity contribution is -0.120. The van der Waals surface area contributed by atoms with Gasteiger partial charge in [0, 0.05) is 18.5 Å². The number of hydrogen-bond donors (Lipinski definition) is 0. The lowest BCUT2D eigenvalue weighted by atomic mass is 10.5. The highest BCUT2D eigenvalue weighted by Gasteiger charge is 1.86. The molecule has 1 rings (SSSR count). The van der Waals surface area contributed by atoms with Crippen molar-refractivity contribution in [2.45, 2.75) is 0 Å². The van der Waals surface area contributed by atoms with Gasteiger partial charge in [-0.2, -0.15) is 0 Å². The van der Waals surface area contributed by atoms with Crippen molar-refractivity contribution in [3.8, 4) is 5.75 Å². The van der Waals surface area contributed by atoms with E-state index in [1.807, 2.05) is 0 Å². The van der Waals surface area contributed by atoms with Gasteiger partial charge in [-0.3, -0.25) is 9.78 Å². The predicted octanol–water partition coefficient (Wildman–Crippen LogP) is 0.417. The Bertz CT molecular complexity index is 186. The number of carbonyl (C=O) groups excluding carboxylic acids is 1. The minimum atomic E-state index is 0.353. The van der Waals surface area contributed by atoms with Crippen molar-refractivity contribution in [1.29, 1.82) is 0 Å². The highest BCUT2D eigenvalue weighted by Crippen LogP contribution is 2.02. The Hall–Kier alpha value is -1.38. The lowest BCUT2D eigenvalue weighted by Gasteiger charge is -1.90. The van der Waals surface area contributed by atoms with Crippen LogP contribution in [-0.2, 0) is 4.79 Å². The van der Waals surface area contributed by atoms with Gasteiger partial charge in [0.05, 0.1) is 0 Å². The molecule has 0 aliphatic rings. The molecule has 0 aliphatic heterocycles. The van der Waals surface area contributed by atoms with Crippen LogP contribution in [0.3, 0.4) is 0 Å². The molecule has 1 aromatic rings. The second-order valence-corrected chi connectivity index (χ2v) is 1.32. The monoisotopic (exact) mass is 122 g/mol. The van der Waals surface area contributed by atoms with E-state index < -0.39 is 0 Å². The van der Waals surface area contributed by atoms with E-state index in [0.717, 1.165) is 0 Å². The molecule has 0 N–H and O–H groups in total. The van der Waals surface area contributed by atoms with E-state index in [0.29, 0.717) is 12.2 Å². The first kappa shape index (κ1) is 5.75. The molecule has 0 spiro atoms. The van der Waals surface area contributed by atoms with E-state index in [-0.39, 0.29) is 0 Å². The van der Waals surface area contributed by atoms with Gasteiger partial charge in [-0.05, 0) is 6.07 Å².